The van der Waals surface area contributed by atoms with Gasteiger partial charge in [0.25, 0.3) is 0 Å². The fourth-order valence-electron chi connectivity index (χ4n) is 1.83. The zero-order valence-electron chi connectivity index (χ0n) is 5.52. The minimum Gasteiger partial charge on any atom is -0.0905 e. The summed E-state index contributed by atoms with van der Waals surface area (Å²) in [6.45, 7) is 4.00. The number of rotatable bonds is 0. The Balaban J connectivity index is 2.53. The second kappa shape index (κ2) is 1.10. The van der Waals surface area contributed by atoms with Crippen LogP contribution in [0, 0.1) is 0 Å². The van der Waals surface area contributed by atoms with Gasteiger partial charge in [0, 0.05) is 0 Å². The lowest BCUT2D eigenvalue weighted by atomic mass is 9.99. The van der Waals surface area contributed by atoms with Gasteiger partial charge in [-0.25, -0.2) is 0 Å². The maximum Gasteiger partial charge on any atom is -0.00989 e. The van der Waals surface area contributed by atoms with Crippen molar-refractivity contribution in [3.63, 3.8) is 0 Å². The molecule has 0 aromatic rings. The zero-order valence-corrected chi connectivity index (χ0v) is 5.52. The molecule has 0 aromatic heterocycles. The van der Waals surface area contributed by atoms with Gasteiger partial charge in [0.1, 0.15) is 0 Å². The second-order valence-electron chi connectivity index (χ2n) is 2.80. The van der Waals surface area contributed by atoms with Gasteiger partial charge in [0.05, 0.1) is 0 Å². The number of allylic oxidation sites excluding steroid dienone is 9. The van der Waals surface area contributed by atoms with E-state index in [0.29, 0.717) is 0 Å². The van der Waals surface area contributed by atoms with E-state index < -0.39 is 0 Å². The maximum absolute atomic E-state index is 4.00. The standard InChI is InChI=1S/C10H6/c1-6-7-2-4-9-8(6)3-5-10(7)9/h2-5H,1H2. The molecule has 0 fully saturated rings. The third-order valence-electron chi connectivity index (χ3n) is 2.35. The molecule has 0 unspecified atom stereocenters. The van der Waals surface area contributed by atoms with Crippen LogP contribution in [0.5, 0.6) is 0 Å². The first-order valence-electron chi connectivity index (χ1n) is 3.42. The summed E-state index contributed by atoms with van der Waals surface area (Å²) in [5, 5.41) is 0. The Bertz CT molecular complexity index is 329. The molecule has 0 heteroatoms. The Morgan fingerprint density at radius 1 is 0.700 bits per heavy atom. The van der Waals surface area contributed by atoms with Crippen LogP contribution in [-0.2, 0) is 0 Å². The molecule has 0 aromatic carbocycles. The van der Waals surface area contributed by atoms with Crippen molar-refractivity contribution in [1.82, 2.24) is 0 Å². The first-order chi connectivity index (χ1) is 4.88. The molecule has 10 heavy (non-hydrogen) atoms. The third-order valence-corrected chi connectivity index (χ3v) is 2.35. The Labute approximate surface area is 59.6 Å². The van der Waals surface area contributed by atoms with Crippen LogP contribution in [0.4, 0.5) is 0 Å². The van der Waals surface area contributed by atoms with E-state index in [4.69, 9.17) is 0 Å². The van der Waals surface area contributed by atoms with E-state index in [1.54, 1.807) is 0 Å². The molecule has 3 rings (SSSR count). The van der Waals surface area contributed by atoms with Crippen molar-refractivity contribution in [2.45, 2.75) is 0 Å². The van der Waals surface area contributed by atoms with Crippen molar-refractivity contribution in [2.75, 3.05) is 0 Å². The fourth-order valence-corrected chi connectivity index (χ4v) is 1.83. The minimum atomic E-state index is 1.22. The van der Waals surface area contributed by atoms with Gasteiger partial charge in [-0.3, -0.25) is 0 Å². The second-order valence-corrected chi connectivity index (χ2v) is 2.80. The summed E-state index contributed by atoms with van der Waals surface area (Å²) >= 11 is 0. The fraction of sp³-hybridized carbons (Fsp3) is 0. The van der Waals surface area contributed by atoms with Gasteiger partial charge in [-0.15, -0.1) is 0 Å². The van der Waals surface area contributed by atoms with Gasteiger partial charge >= 0.3 is 0 Å². The predicted molar refractivity (Wildman–Crippen MR) is 41.5 cm³/mol. The van der Waals surface area contributed by atoms with Crippen LogP contribution in [0.3, 0.4) is 0 Å². The van der Waals surface area contributed by atoms with Gasteiger partial charge in [0.15, 0.2) is 0 Å². The highest BCUT2D eigenvalue weighted by Crippen LogP contribution is 2.47. The topological polar surface area (TPSA) is 0 Å². The molecule has 4 bridgehead atoms. The Morgan fingerprint density at radius 3 is 1.40 bits per heavy atom. The monoisotopic (exact) mass is 126 g/mol. The molecule has 0 radical (unpaired) electrons. The minimum absolute atomic E-state index is 1.22. The van der Waals surface area contributed by atoms with Crippen LogP contribution in [0.25, 0.3) is 0 Å². The van der Waals surface area contributed by atoms with Crippen LogP contribution < -0.4 is 0 Å². The van der Waals surface area contributed by atoms with Crippen LogP contribution in [0.15, 0.2) is 58.7 Å². The summed E-state index contributed by atoms with van der Waals surface area (Å²) in [6, 6.07) is 0. The molecular weight excluding hydrogens is 120 g/mol. The van der Waals surface area contributed by atoms with Gasteiger partial charge in [-0.05, 0) is 27.9 Å². The smallest absolute Gasteiger partial charge is 0.00989 e. The lowest BCUT2D eigenvalue weighted by Crippen LogP contribution is -1.87. The van der Waals surface area contributed by atoms with Crippen LogP contribution in [0.2, 0.25) is 0 Å². The van der Waals surface area contributed by atoms with Crippen LogP contribution in [0.1, 0.15) is 0 Å². The maximum atomic E-state index is 4.00. The molecule has 46 valence electrons. The molecule has 0 saturated carbocycles. The normalized spacial score (nSPS) is 24.6. The Hall–Kier alpha value is -1.30. The van der Waals surface area contributed by atoms with Gasteiger partial charge in [-0.2, -0.15) is 0 Å². The summed E-state index contributed by atoms with van der Waals surface area (Å²) in [6.07, 6.45) is 8.66. The molecule has 3 aliphatic rings. The molecule has 0 amide bonds. The van der Waals surface area contributed by atoms with E-state index in [9.17, 15) is 0 Å². The van der Waals surface area contributed by atoms with E-state index >= 15 is 0 Å². The van der Waals surface area contributed by atoms with Crippen LogP contribution in [-0.4, -0.2) is 0 Å². The van der Waals surface area contributed by atoms with Gasteiger partial charge in [-0.1, -0.05) is 30.9 Å². The van der Waals surface area contributed by atoms with Crippen LogP contribution >= 0.6 is 0 Å². The highest BCUT2D eigenvalue weighted by molar-refractivity contribution is 5.83. The van der Waals surface area contributed by atoms with E-state index in [1.807, 2.05) is 0 Å². The molecule has 0 spiro atoms. The molecule has 0 N–H and O–H groups in total. The first-order valence-corrected chi connectivity index (χ1v) is 3.42. The van der Waals surface area contributed by atoms with Crippen molar-refractivity contribution in [3.8, 4) is 0 Å². The first kappa shape index (κ1) is 4.51. The van der Waals surface area contributed by atoms with Gasteiger partial charge in [0.2, 0.25) is 0 Å². The third kappa shape index (κ3) is 0.264. The molecule has 0 saturated heterocycles. The Morgan fingerprint density at radius 2 is 1.10 bits per heavy atom. The summed E-state index contributed by atoms with van der Waals surface area (Å²) in [5.74, 6) is 0. The number of hydrogen-bond donors (Lipinski definition) is 0. The average molecular weight is 126 g/mol. The highest BCUT2D eigenvalue weighted by atomic mass is 14.3. The van der Waals surface area contributed by atoms with E-state index in [-0.39, 0.29) is 0 Å². The average Bonchev–Trinajstić information content (AvgIpc) is 2.47. The van der Waals surface area contributed by atoms with Crippen molar-refractivity contribution >= 4 is 0 Å². The predicted octanol–water partition coefficient (Wildman–Crippen LogP) is 2.29. The van der Waals surface area contributed by atoms with Crippen molar-refractivity contribution < 1.29 is 0 Å². The van der Waals surface area contributed by atoms with E-state index in [0.717, 1.165) is 0 Å². The lowest BCUT2D eigenvalue weighted by Gasteiger charge is -2.05. The molecule has 0 aliphatic heterocycles. The van der Waals surface area contributed by atoms with Gasteiger partial charge < -0.3 is 0 Å². The summed E-state index contributed by atoms with van der Waals surface area (Å²) in [7, 11) is 0. The van der Waals surface area contributed by atoms with E-state index in [1.165, 1.54) is 27.9 Å². The molecule has 0 nitrogen and oxygen atoms in total. The lowest BCUT2D eigenvalue weighted by molar-refractivity contribution is 1.49. The largest absolute Gasteiger partial charge is 0.0905 e. The van der Waals surface area contributed by atoms with Crippen molar-refractivity contribution in [2.24, 2.45) is 0 Å². The summed E-state index contributed by atoms with van der Waals surface area (Å²) in [4.78, 5) is 0. The molecule has 0 heterocycles. The SMILES string of the molecule is C=C1C2=C3C=CC1=C3C=C2. The highest BCUT2D eigenvalue weighted by Gasteiger charge is 2.29. The van der Waals surface area contributed by atoms with Crippen molar-refractivity contribution in [3.05, 3.63) is 58.7 Å². The van der Waals surface area contributed by atoms with Crippen molar-refractivity contribution in [1.29, 1.82) is 0 Å². The molecule has 0 atom stereocenters. The number of hydrogen-bond acceptors (Lipinski definition) is 0. The summed E-state index contributed by atoms with van der Waals surface area (Å²) in [5.41, 5.74) is 6.68. The van der Waals surface area contributed by atoms with E-state index in [2.05, 4.69) is 30.9 Å². The quantitative estimate of drug-likeness (QED) is 0.467. The Kier molecular flexibility index (Phi) is 0.497. The molecular formula is C10H6. The molecule has 3 aliphatic carbocycles. The zero-order chi connectivity index (χ0) is 6.72. The summed E-state index contributed by atoms with van der Waals surface area (Å²) < 4.78 is 0.